The van der Waals surface area contributed by atoms with E-state index in [1.165, 1.54) is 12.1 Å². The van der Waals surface area contributed by atoms with Crippen LogP contribution in [0.25, 0.3) is 0 Å². The first-order valence-electron chi connectivity index (χ1n) is 7.44. The first-order valence-corrected chi connectivity index (χ1v) is 7.44. The standard InChI is InChI=1S/C16H23F3N2O2.ClH/c1-10(2)8-14(20)15(22)21-11(3)12-4-6-13(7-5-12)23-9-16(17,18)19;/h4-7,10-11,14H,8-9,20H2,1-3H3,(H,21,22);1H/t11?,14-;/m0./s1. The number of hydrogen-bond acceptors (Lipinski definition) is 3. The summed E-state index contributed by atoms with van der Waals surface area (Å²) in [6.45, 7) is 4.42. The molecule has 1 amide bonds. The topological polar surface area (TPSA) is 64.4 Å². The summed E-state index contributed by atoms with van der Waals surface area (Å²) in [6.07, 6.45) is -3.78. The molecular formula is C16H24ClF3N2O2. The van der Waals surface area contributed by atoms with Crippen molar-refractivity contribution >= 4 is 18.3 Å². The van der Waals surface area contributed by atoms with Crippen LogP contribution in [0.1, 0.15) is 38.8 Å². The van der Waals surface area contributed by atoms with Crippen molar-refractivity contribution in [2.45, 2.75) is 45.5 Å². The molecule has 0 spiro atoms. The fourth-order valence-electron chi connectivity index (χ4n) is 2.04. The lowest BCUT2D eigenvalue weighted by Crippen LogP contribution is -2.42. The summed E-state index contributed by atoms with van der Waals surface area (Å²) in [5, 5.41) is 2.79. The number of carbonyl (C=O) groups excluding carboxylic acids is 1. The minimum atomic E-state index is -4.37. The van der Waals surface area contributed by atoms with E-state index >= 15 is 0 Å². The largest absolute Gasteiger partial charge is 0.484 e. The summed E-state index contributed by atoms with van der Waals surface area (Å²) in [7, 11) is 0. The predicted octanol–water partition coefficient (Wildman–Crippen LogP) is 3.60. The normalized spacial score (nSPS) is 13.8. The average Bonchev–Trinajstić information content (AvgIpc) is 2.44. The number of hydrogen-bond donors (Lipinski definition) is 2. The van der Waals surface area contributed by atoms with Crippen LogP contribution in [0.15, 0.2) is 24.3 Å². The molecule has 4 nitrogen and oxygen atoms in total. The summed E-state index contributed by atoms with van der Waals surface area (Å²) < 4.78 is 40.9. The van der Waals surface area contributed by atoms with Crippen LogP contribution in [0.2, 0.25) is 0 Å². The van der Waals surface area contributed by atoms with E-state index in [1.807, 2.05) is 13.8 Å². The molecular weight excluding hydrogens is 345 g/mol. The van der Waals surface area contributed by atoms with Crippen LogP contribution in [0.3, 0.4) is 0 Å². The Morgan fingerprint density at radius 1 is 1.21 bits per heavy atom. The van der Waals surface area contributed by atoms with Gasteiger partial charge in [0.05, 0.1) is 12.1 Å². The van der Waals surface area contributed by atoms with E-state index in [-0.39, 0.29) is 30.1 Å². The highest BCUT2D eigenvalue weighted by Gasteiger charge is 2.28. The highest BCUT2D eigenvalue weighted by molar-refractivity contribution is 5.85. The Labute approximate surface area is 146 Å². The molecule has 0 aliphatic carbocycles. The van der Waals surface area contributed by atoms with Crippen LogP contribution in [-0.2, 0) is 4.79 Å². The van der Waals surface area contributed by atoms with Crippen molar-refractivity contribution in [3.8, 4) is 5.75 Å². The van der Waals surface area contributed by atoms with Crippen LogP contribution in [0, 0.1) is 5.92 Å². The Balaban J connectivity index is 0.00000529. The molecule has 0 fully saturated rings. The summed E-state index contributed by atoms with van der Waals surface area (Å²) in [5.41, 5.74) is 6.57. The van der Waals surface area contributed by atoms with Crippen molar-refractivity contribution in [3.05, 3.63) is 29.8 Å². The average molecular weight is 369 g/mol. The van der Waals surface area contributed by atoms with Gasteiger partial charge in [-0.15, -0.1) is 12.4 Å². The van der Waals surface area contributed by atoms with Gasteiger partial charge in [-0.3, -0.25) is 4.79 Å². The highest BCUT2D eigenvalue weighted by atomic mass is 35.5. The zero-order valence-corrected chi connectivity index (χ0v) is 14.7. The molecule has 1 aromatic carbocycles. The van der Waals surface area contributed by atoms with Gasteiger partial charge in [-0.2, -0.15) is 13.2 Å². The Bertz CT molecular complexity index is 507. The molecule has 0 aliphatic rings. The highest BCUT2D eigenvalue weighted by Crippen LogP contribution is 2.21. The second-order valence-corrected chi connectivity index (χ2v) is 5.94. The lowest BCUT2D eigenvalue weighted by molar-refractivity contribution is -0.153. The van der Waals surface area contributed by atoms with Crippen LogP contribution >= 0.6 is 12.4 Å². The van der Waals surface area contributed by atoms with Crippen molar-refractivity contribution < 1.29 is 22.7 Å². The summed E-state index contributed by atoms with van der Waals surface area (Å²) in [6, 6.07) is 5.24. The number of nitrogens with one attached hydrogen (secondary N) is 1. The maximum Gasteiger partial charge on any atom is 0.422 e. The van der Waals surface area contributed by atoms with Crippen LogP contribution < -0.4 is 15.8 Å². The Morgan fingerprint density at radius 3 is 2.21 bits per heavy atom. The maximum absolute atomic E-state index is 12.1. The van der Waals surface area contributed by atoms with E-state index in [1.54, 1.807) is 19.1 Å². The molecule has 8 heteroatoms. The van der Waals surface area contributed by atoms with Crippen molar-refractivity contribution in [3.63, 3.8) is 0 Å². The van der Waals surface area contributed by atoms with E-state index < -0.39 is 18.8 Å². The fourth-order valence-corrected chi connectivity index (χ4v) is 2.04. The van der Waals surface area contributed by atoms with Gasteiger partial charge in [-0.25, -0.2) is 0 Å². The number of benzene rings is 1. The third-order valence-corrected chi connectivity index (χ3v) is 3.20. The zero-order chi connectivity index (χ0) is 17.6. The minimum Gasteiger partial charge on any atom is -0.484 e. The third kappa shape index (κ3) is 8.40. The smallest absolute Gasteiger partial charge is 0.422 e. The van der Waals surface area contributed by atoms with Gasteiger partial charge in [0.15, 0.2) is 6.61 Å². The predicted molar refractivity (Wildman–Crippen MR) is 89.2 cm³/mol. The molecule has 0 heterocycles. The number of alkyl halides is 3. The van der Waals surface area contributed by atoms with Crippen molar-refractivity contribution in [2.24, 2.45) is 11.7 Å². The summed E-state index contributed by atoms with van der Waals surface area (Å²) >= 11 is 0. The second kappa shape index (κ2) is 9.74. The molecule has 0 saturated carbocycles. The number of carbonyl (C=O) groups is 1. The molecule has 1 unspecified atom stereocenters. The SMILES string of the molecule is CC(C)C[C@H](N)C(=O)NC(C)c1ccc(OCC(F)(F)F)cc1.Cl. The lowest BCUT2D eigenvalue weighted by Gasteiger charge is -2.19. The number of rotatable bonds is 7. The molecule has 0 aliphatic heterocycles. The van der Waals surface area contributed by atoms with Crippen molar-refractivity contribution in [1.29, 1.82) is 0 Å². The molecule has 24 heavy (non-hydrogen) atoms. The lowest BCUT2D eigenvalue weighted by atomic mass is 10.0. The van der Waals surface area contributed by atoms with E-state index in [0.717, 1.165) is 5.56 Å². The number of nitrogens with two attached hydrogens (primary N) is 1. The molecule has 0 saturated heterocycles. The summed E-state index contributed by atoms with van der Waals surface area (Å²) in [5.74, 6) is 0.195. The van der Waals surface area contributed by atoms with Gasteiger partial charge in [0.25, 0.3) is 0 Å². The van der Waals surface area contributed by atoms with Crippen LogP contribution in [-0.4, -0.2) is 24.7 Å². The number of amides is 1. The van der Waals surface area contributed by atoms with Gasteiger partial charge in [0.1, 0.15) is 5.75 Å². The number of ether oxygens (including phenoxy) is 1. The third-order valence-electron chi connectivity index (χ3n) is 3.20. The quantitative estimate of drug-likeness (QED) is 0.772. The molecule has 0 radical (unpaired) electrons. The Kier molecular flexibility index (Phi) is 9.14. The van der Waals surface area contributed by atoms with Gasteiger partial charge >= 0.3 is 6.18 Å². The maximum atomic E-state index is 12.1. The molecule has 1 rings (SSSR count). The van der Waals surface area contributed by atoms with Crippen molar-refractivity contribution in [2.75, 3.05) is 6.61 Å². The van der Waals surface area contributed by atoms with E-state index in [9.17, 15) is 18.0 Å². The second-order valence-electron chi connectivity index (χ2n) is 5.94. The van der Waals surface area contributed by atoms with Gasteiger partial charge < -0.3 is 15.8 Å². The van der Waals surface area contributed by atoms with Crippen molar-refractivity contribution in [1.82, 2.24) is 5.32 Å². The molecule has 1 aromatic rings. The van der Waals surface area contributed by atoms with Gasteiger partial charge in [-0.1, -0.05) is 26.0 Å². The van der Waals surface area contributed by atoms with E-state index in [2.05, 4.69) is 10.1 Å². The Morgan fingerprint density at radius 2 is 1.75 bits per heavy atom. The fraction of sp³-hybridized carbons (Fsp3) is 0.562. The van der Waals surface area contributed by atoms with E-state index in [4.69, 9.17) is 5.73 Å². The first-order chi connectivity index (χ1) is 10.6. The molecule has 3 N–H and O–H groups in total. The van der Waals surface area contributed by atoms with Crippen LogP contribution in [0.5, 0.6) is 5.75 Å². The van der Waals surface area contributed by atoms with E-state index in [0.29, 0.717) is 12.3 Å². The van der Waals surface area contributed by atoms with Gasteiger partial charge in [0.2, 0.25) is 5.91 Å². The molecule has 0 aromatic heterocycles. The minimum absolute atomic E-state index is 0. The monoisotopic (exact) mass is 368 g/mol. The first kappa shape index (κ1) is 22.5. The Hall–Kier alpha value is -1.47. The molecule has 2 atom stereocenters. The van der Waals surface area contributed by atoms with Gasteiger partial charge in [0, 0.05) is 0 Å². The van der Waals surface area contributed by atoms with Crippen LogP contribution in [0.4, 0.5) is 13.2 Å². The summed E-state index contributed by atoms with van der Waals surface area (Å²) in [4.78, 5) is 12.0. The number of halogens is 4. The molecule has 0 bridgehead atoms. The molecule has 138 valence electrons. The van der Waals surface area contributed by atoms with Gasteiger partial charge in [-0.05, 0) is 37.0 Å². The zero-order valence-electron chi connectivity index (χ0n) is 13.9.